The molecule has 0 bridgehead atoms. The molecule has 0 aliphatic carbocycles. The van der Waals surface area contributed by atoms with Gasteiger partial charge in [-0.15, -0.1) is 0 Å². The Morgan fingerprint density at radius 1 is 1.16 bits per heavy atom. The van der Waals surface area contributed by atoms with Gasteiger partial charge in [-0.2, -0.15) is 13.2 Å². The summed E-state index contributed by atoms with van der Waals surface area (Å²) in [4.78, 5) is 31.6. The quantitative estimate of drug-likeness (QED) is 0.574. The summed E-state index contributed by atoms with van der Waals surface area (Å²) in [6, 6.07) is 4.92. The molecule has 2 aromatic heterocycles. The molecule has 1 aliphatic rings. The van der Waals surface area contributed by atoms with E-state index in [9.17, 15) is 27.2 Å². The number of benzene rings is 1. The Kier molecular flexibility index (Phi) is 5.39. The molecule has 3 heterocycles. The maximum Gasteiger partial charge on any atom is 0.416 e. The third kappa shape index (κ3) is 3.92. The standard InChI is InChI=1S/C22H20F4N4O2/c1-13-10-28(12-27-13)18-5-6-19-21(32)29(14(2)11-30(19)20(18)31)8-7-15-9-16(22(24,25)26)3-4-17(15)23/h3-6,9-10,12,14H,7-8,11H2,1-2H3/t14-/m1/s1. The average Bonchev–Trinajstić information content (AvgIpc) is 3.15. The number of halogens is 4. The molecule has 1 aliphatic heterocycles. The number of aromatic nitrogens is 3. The minimum Gasteiger partial charge on any atom is -0.333 e. The number of hydrogen-bond acceptors (Lipinski definition) is 3. The van der Waals surface area contributed by atoms with Gasteiger partial charge in [0, 0.05) is 25.3 Å². The molecule has 0 unspecified atom stereocenters. The highest BCUT2D eigenvalue weighted by Gasteiger charge is 2.33. The number of nitrogens with zero attached hydrogens (tertiary/aromatic N) is 4. The van der Waals surface area contributed by atoms with Crippen LogP contribution in [0.5, 0.6) is 0 Å². The normalized spacial score (nSPS) is 16.4. The maximum atomic E-state index is 14.1. The fourth-order valence-corrected chi connectivity index (χ4v) is 3.90. The topological polar surface area (TPSA) is 60.1 Å². The summed E-state index contributed by atoms with van der Waals surface area (Å²) in [6.45, 7) is 3.77. The molecular weight excluding hydrogens is 428 g/mol. The Morgan fingerprint density at radius 2 is 1.91 bits per heavy atom. The SMILES string of the molecule is Cc1cn(-c2ccc3n(c2=O)C[C@@H](C)N(CCc2cc(C(F)(F)F)ccc2F)C3=O)cn1. The van der Waals surface area contributed by atoms with E-state index in [0.29, 0.717) is 11.8 Å². The number of imidazole rings is 1. The molecule has 3 aromatic rings. The summed E-state index contributed by atoms with van der Waals surface area (Å²) in [5, 5.41) is 0. The highest BCUT2D eigenvalue weighted by atomic mass is 19.4. The zero-order valence-corrected chi connectivity index (χ0v) is 17.4. The van der Waals surface area contributed by atoms with Crippen LogP contribution in [0.15, 0.2) is 47.7 Å². The zero-order chi connectivity index (χ0) is 23.2. The van der Waals surface area contributed by atoms with Gasteiger partial charge in [0.15, 0.2) is 0 Å². The summed E-state index contributed by atoms with van der Waals surface area (Å²) in [6.07, 6.45) is -1.44. The Labute approximate surface area is 180 Å². The van der Waals surface area contributed by atoms with Crippen LogP contribution in [0.3, 0.4) is 0 Å². The van der Waals surface area contributed by atoms with E-state index in [1.807, 2.05) is 0 Å². The zero-order valence-electron chi connectivity index (χ0n) is 17.4. The van der Waals surface area contributed by atoms with E-state index in [-0.39, 0.29) is 36.3 Å². The van der Waals surface area contributed by atoms with Crippen molar-refractivity contribution in [2.45, 2.75) is 39.0 Å². The van der Waals surface area contributed by atoms with Gasteiger partial charge < -0.3 is 14.0 Å². The van der Waals surface area contributed by atoms with E-state index in [4.69, 9.17) is 0 Å². The monoisotopic (exact) mass is 448 g/mol. The number of carbonyl (C=O) groups is 1. The minimum absolute atomic E-state index is 0.0227. The molecule has 4 rings (SSSR count). The molecule has 32 heavy (non-hydrogen) atoms. The molecule has 0 radical (unpaired) electrons. The predicted molar refractivity (Wildman–Crippen MR) is 108 cm³/mol. The lowest BCUT2D eigenvalue weighted by Crippen LogP contribution is -2.50. The predicted octanol–water partition coefficient (Wildman–Crippen LogP) is 3.59. The van der Waals surface area contributed by atoms with E-state index in [1.54, 1.807) is 24.6 Å². The molecule has 0 fully saturated rings. The van der Waals surface area contributed by atoms with E-state index < -0.39 is 29.5 Å². The molecule has 10 heteroatoms. The van der Waals surface area contributed by atoms with Crippen LogP contribution in [0.25, 0.3) is 5.69 Å². The van der Waals surface area contributed by atoms with Crippen molar-refractivity contribution >= 4 is 5.91 Å². The lowest BCUT2D eigenvalue weighted by Gasteiger charge is -2.35. The number of aryl methyl sites for hydroxylation is 1. The summed E-state index contributed by atoms with van der Waals surface area (Å²) in [7, 11) is 0. The van der Waals surface area contributed by atoms with Crippen molar-refractivity contribution < 1.29 is 22.4 Å². The number of fused-ring (bicyclic) bond motifs is 1. The van der Waals surface area contributed by atoms with Crippen molar-refractivity contribution in [1.82, 2.24) is 19.0 Å². The molecule has 168 valence electrons. The highest BCUT2D eigenvalue weighted by molar-refractivity contribution is 5.93. The number of pyridine rings is 1. The number of alkyl halides is 3. The van der Waals surface area contributed by atoms with Gasteiger partial charge in [-0.3, -0.25) is 9.59 Å². The Balaban J connectivity index is 1.59. The van der Waals surface area contributed by atoms with Crippen LogP contribution >= 0.6 is 0 Å². The van der Waals surface area contributed by atoms with Crippen LogP contribution in [-0.4, -0.2) is 37.5 Å². The van der Waals surface area contributed by atoms with E-state index in [1.165, 1.54) is 27.9 Å². The van der Waals surface area contributed by atoms with Crippen molar-refractivity contribution in [3.05, 3.63) is 81.5 Å². The van der Waals surface area contributed by atoms with Crippen molar-refractivity contribution in [3.8, 4) is 5.69 Å². The maximum absolute atomic E-state index is 14.1. The van der Waals surface area contributed by atoms with Gasteiger partial charge in [-0.25, -0.2) is 9.37 Å². The van der Waals surface area contributed by atoms with E-state index in [2.05, 4.69) is 4.98 Å². The number of carbonyl (C=O) groups excluding carboxylic acids is 1. The van der Waals surface area contributed by atoms with Crippen molar-refractivity contribution in [3.63, 3.8) is 0 Å². The van der Waals surface area contributed by atoms with Gasteiger partial charge in [-0.05, 0) is 56.2 Å². The van der Waals surface area contributed by atoms with Crippen LogP contribution in [0.4, 0.5) is 17.6 Å². The Morgan fingerprint density at radius 3 is 2.56 bits per heavy atom. The molecule has 1 atom stereocenters. The smallest absolute Gasteiger partial charge is 0.333 e. The van der Waals surface area contributed by atoms with Gasteiger partial charge in [0.1, 0.15) is 17.2 Å². The third-order valence-corrected chi connectivity index (χ3v) is 5.60. The molecular formula is C22H20F4N4O2. The molecule has 0 spiro atoms. The molecule has 1 amide bonds. The van der Waals surface area contributed by atoms with Gasteiger partial charge in [0.2, 0.25) is 0 Å². The van der Waals surface area contributed by atoms with Crippen LogP contribution < -0.4 is 5.56 Å². The van der Waals surface area contributed by atoms with Gasteiger partial charge in [0.05, 0.1) is 17.6 Å². The first-order valence-electron chi connectivity index (χ1n) is 9.97. The first-order valence-corrected chi connectivity index (χ1v) is 9.97. The summed E-state index contributed by atoms with van der Waals surface area (Å²) >= 11 is 0. The molecule has 0 saturated heterocycles. The molecule has 0 saturated carbocycles. The largest absolute Gasteiger partial charge is 0.416 e. The van der Waals surface area contributed by atoms with E-state index >= 15 is 0 Å². The molecule has 0 N–H and O–H groups in total. The van der Waals surface area contributed by atoms with Gasteiger partial charge in [0.25, 0.3) is 11.5 Å². The van der Waals surface area contributed by atoms with E-state index in [0.717, 1.165) is 17.8 Å². The first kappa shape index (κ1) is 21.8. The van der Waals surface area contributed by atoms with Gasteiger partial charge in [-0.1, -0.05) is 0 Å². The summed E-state index contributed by atoms with van der Waals surface area (Å²) in [5.41, 5.74) is -0.125. The van der Waals surface area contributed by atoms with Crippen LogP contribution in [0.2, 0.25) is 0 Å². The highest BCUT2D eigenvalue weighted by Crippen LogP contribution is 2.30. The minimum atomic E-state index is -4.58. The summed E-state index contributed by atoms with van der Waals surface area (Å²) < 4.78 is 55.9. The van der Waals surface area contributed by atoms with Crippen LogP contribution in [0, 0.1) is 12.7 Å². The van der Waals surface area contributed by atoms with Crippen LogP contribution in [-0.2, 0) is 19.1 Å². The lowest BCUT2D eigenvalue weighted by molar-refractivity contribution is -0.137. The lowest BCUT2D eigenvalue weighted by atomic mass is 10.0. The second-order valence-electron chi connectivity index (χ2n) is 7.84. The fourth-order valence-electron chi connectivity index (χ4n) is 3.90. The molecule has 1 aromatic carbocycles. The molecule has 6 nitrogen and oxygen atoms in total. The third-order valence-electron chi connectivity index (χ3n) is 5.60. The number of amides is 1. The van der Waals surface area contributed by atoms with Crippen molar-refractivity contribution in [1.29, 1.82) is 0 Å². The first-order chi connectivity index (χ1) is 15.1. The van der Waals surface area contributed by atoms with Crippen molar-refractivity contribution in [2.24, 2.45) is 0 Å². The second-order valence-corrected chi connectivity index (χ2v) is 7.84. The average molecular weight is 448 g/mol. The van der Waals surface area contributed by atoms with Gasteiger partial charge >= 0.3 is 6.18 Å². The Hall–Kier alpha value is -3.43. The summed E-state index contributed by atoms with van der Waals surface area (Å²) in [5.74, 6) is -1.19. The van der Waals surface area contributed by atoms with Crippen molar-refractivity contribution in [2.75, 3.05) is 6.54 Å². The van der Waals surface area contributed by atoms with Crippen LogP contribution in [0.1, 0.15) is 34.2 Å². The number of hydrogen-bond donors (Lipinski definition) is 0. The fraction of sp³-hybridized carbons (Fsp3) is 0.318. The second kappa shape index (κ2) is 7.92. The number of rotatable bonds is 4. The Bertz CT molecular complexity index is 1250.